The van der Waals surface area contributed by atoms with E-state index in [2.05, 4.69) is 10.2 Å². The fourth-order valence-corrected chi connectivity index (χ4v) is 2.90. The van der Waals surface area contributed by atoms with Crippen LogP contribution in [0.15, 0.2) is 23.4 Å². The van der Waals surface area contributed by atoms with Crippen LogP contribution in [-0.2, 0) is 15.6 Å². The number of aromatic nitrogens is 3. The van der Waals surface area contributed by atoms with Crippen molar-refractivity contribution in [3.8, 4) is 11.4 Å². The fourth-order valence-electron chi connectivity index (χ4n) is 1.94. The van der Waals surface area contributed by atoms with Gasteiger partial charge in [-0.1, -0.05) is 6.07 Å². The van der Waals surface area contributed by atoms with E-state index in [0.717, 1.165) is 5.56 Å². The van der Waals surface area contributed by atoms with Crippen LogP contribution in [0.2, 0.25) is 0 Å². The third-order valence-corrected chi connectivity index (χ3v) is 3.99. The molecule has 10 heteroatoms. The predicted molar refractivity (Wildman–Crippen MR) is 75.6 cm³/mol. The fraction of sp³-hybridized carbons (Fsp3) is 0.273. The number of nitro groups is 1. The number of aryl methyl sites for hydroxylation is 1. The summed E-state index contributed by atoms with van der Waals surface area (Å²) >= 11 is 0. The van der Waals surface area contributed by atoms with Crippen molar-refractivity contribution in [2.24, 2.45) is 0 Å². The van der Waals surface area contributed by atoms with Crippen LogP contribution in [0.25, 0.3) is 11.4 Å². The highest BCUT2D eigenvalue weighted by molar-refractivity contribution is 8.13. The molecule has 0 aliphatic carbocycles. The number of halogens is 1. The third-order valence-electron chi connectivity index (χ3n) is 2.84. The van der Waals surface area contributed by atoms with Crippen molar-refractivity contribution < 1.29 is 13.3 Å². The quantitative estimate of drug-likeness (QED) is 0.482. The summed E-state index contributed by atoms with van der Waals surface area (Å²) in [5, 5.41) is 18.0. The van der Waals surface area contributed by atoms with Gasteiger partial charge in [0.2, 0.25) is 0 Å². The first-order valence-corrected chi connectivity index (χ1v) is 8.20. The second-order valence-electron chi connectivity index (χ2n) is 4.27. The molecule has 0 fully saturated rings. The van der Waals surface area contributed by atoms with Gasteiger partial charge >= 0.3 is 0 Å². The summed E-state index contributed by atoms with van der Waals surface area (Å²) in [6.45, 7) is 3.63. The second kappa shape index (κ2) is 5.41. The molecule has 0 aliphatic rings. The highest BCUT2D eigenvalue weighted by Gasteiger charge is 2.26. The minimum absolute atomic E-state index is 0.0899. The SMILES string of the molecule is CCn1c(-c2cc(C)ccc2[N+](=O)[O-])nnc1S(=O)(=O)Cl. The van der Waals surface area contributed by atoms with Gasteiger partial charge < -0.3 is 0 Å². The molecule has 0 radical (unpaired) electrons. The van der Waals surface area contributed by atoms with Gasteiger partial charge in [0, 0.05) is 23.3 Å². The standard InChI is InChI=1S/C11H11ClN4O4S/c1-3-15-10(13-14-11(15)21(12,19)20)8-6-7(2)4-5-9(8)16(17)18/h4-6H,3H2,1-2H3. The van der Waals surface area contributed by atoms with E-state index < -0.39 is 19.1 Å². The summed E-state index contributed by atoms with van der Waals surface area (Å²) in [4.78, 5) is 10.6. The lowest BCUT2D eigenvalue weighted by molar-refractivity contribution is -0.384. The lowest BCUT2D eigenvalue weighted by Crippen LogP contribution is -2.07. The van der Waals surface area contributed by atoms with E-state index >= 15 is 0 Å². The molecule has 0 amide bonds. The molecule has 1 aromatic heterocycles. The van der Waals surface area contributed by atoms with E-state index in [0.29, 0.717) is 0 Å². The maximum atomic E-state index is 11.5. The van der Waals surface area contributed by atoms with Crippen LogP contribution in [0.1, 0.15) is 12.5 Å². The zero-order valence-electron chi connectivity index (χ0n) is 11.1. The predicted octanol–water partition coefficient (Wildman–Crippen LogP) is 2.11. The molecule has 2 rings (SSSR count). The number of benzene rings is 1. The van der Waals surface area contributed by atoms with Gasteiger partial charge in [-0.2, -0.15) is 0 Å². The maximum Gasteiger partial charge on any atom is 0.296 e. The topological polar surface area (TPSA) is 108 Å². The van der Waals surface area contributed by atoms with Crippen molar-refractivity contribution >= 4 is 25.4 Å². The number of hydrogen-bond acceptors (Lipinski definition) is 6. The molecule has 112 valence electrons. The highest BCUT2D eigenvalue weighted by Crippen LogP contribution is 2.31. The van der Waals surface area contributed by atoms with Gasteiger partial charge in [-0.15, -0.1) is 10.2 Å². The second-order valence-corrected chi connectivity index (χ2v) is 6.73. The van der Waals surface area contributed by atoms with E-state index in [4.69, 9.17) is 10.7 Å². The molecule has 21 heavy (non-hydrogen) atoms. The van der Waals surface area contributed by atoms with Crippen LogP contribution >= 0.6 is 10.7 Å². The molecule has 0 atom stereocenters. The largest absolute Gasteiger partial charge is 0.297 e. The van der Waals surface area contributed by atoms with Crippen LogP contribution in [0.3, 0.4) is 0 Å². The smallest absolute Gasteiger partial charge is 0.296 e. The average Bonchev–Trinajstić information content (AvgIpc) is 2.81. The van der Waals surface area contributed by atoms with Crippen LogP contribution in [-0.4, -0.2) is 28.1 Å². The van der Waals surface area contributed by atoms with Crippen LogP contribution in [0.4, 0.5) is 5.69 Å². The van der Waals surface area contributed by atoms with Crippen molar-refractivity contribution in [1.82, 2.24) is 14.8 Å². The van der Waals surface area contributed by atoms with Gasteiger partial charge in [0.25, 0.3) is 19.9 Å². The third kappa shape index (κ3) is 2.88. The minimum atomic E-state index is -4.08. The zero-order chi connectivity index (χ0) is 15.8. The van der Waals surface area contributed by atoms with Gasteiger partial charge in [-0.05, 0) is 25.5 Å². The van der Waals surface area contributed by atoms with Gasteiger partial charge in [-0.25, -0.2) is 8.42 Å². The first-order valence-electron chi connectivity index (χ1n) is 5.89. The van der Waals surface area contributed by atoms with Crippen molar-refractivity contribution in [1.29, 1.82) is 0 Å². The molecule has 2 aromatic rings. The number of nitro benzene ring substituents is 1. The monoisotopic (exact) mass is 330 g/mol. The van der Waals surface area contributed by atoms with E-state index in [1.165, 1.54) is 10.6 Å². The first kappa shape index (κ1) is 15.4. The van der Waals surface area contributed by atoms with Crippen molar-refractivity contribution in [2.45, 2.75) is 25.5 Å². The van der Waals surface area contributed by atoms with Crippen molar-refractivity contribution in [3.05, 3.63) is 33.9 Å². The molecule has 1 heterocycles. The zero-order valence-corrected chi connectivity index (χ0v) is 12.7. The minimum Gasteiger partial charge on any atom is -0.297 e. The first-order chi connectivity index (χ1) is 9.75. The van der Waals surface area contributed by atoms with E-state index in [-0.39, 0.29) is 23.6 Å². The molecule has 0 saturated heterocycles. The summed E-state index contributed by atoms with van der Waals surface area (Å²) < 4.78 is 24.1. The Kier molecular flexibility index (Phi) is 3.97. The van der Waals surface area contributed by atoms with E-state index in [1.54, 1.807) is 26.0 Å². The Hall–Kier alpha value is -2.00. The molecular weight excluding hydrogens is 320 g/mol. The Morgan fingerprint density at radius 2 is 2.05 bits per heavy atom. The maximum absolute atomic E-state index is 11.5. The number of nitrogens with zero attached hydrogens (tertiary/aromatic N) is 4. The summed E-state index contributed by atoms with van der Waals surface area (Å²) in [7, 11) is 1.21. The number of rotatable bonds is 4. The van der Waals surface area contributed by atoms with Crippen LogP contribution in [0.5, 0.6) is 0 Å². The Morgan fingerprint density at radius 3 is 2.57 bits per heavy atom. The molecule has 0 unspecified atom stereocenters. The van der Waals surface area contributed by atoms with Crippen molar-refractivity contribution in [3.63, 3.8) is 0 Å². The van der Waals surface area contributed by atoms with Gasteiger partial charge in [0.05, 0.1) is 10.5 Å². The van der Waals surface area contributed by atoms with Gasteiger partial charge in [0.1, 0.15) is 0 Å². The average molecular weight is 331 g/mol. The summed E-state index contributed by atoms with van der Waals surface area (Å²) in [5.74, 6) is 0.0899. The molecule has 8 nitrogen and oxygen atoms in total. The molecule has 0 N–H and O–H groups in total. The molecule has 0 spiro atoms. The highest BCUT2D eigenvalue weighted by atomic mass is 35.7. The van der Waals surface area contributed by atoms with E-state index in [1.807, 2.05) is 0 Å². The Labute approximate surface area is 124 Å². The summed E-state index contributed by atoms with van der Waals surface area (Å²) in [5.41, 5.74) is 0.790. The molecular formula is C11H11ClN4O4S. The van der Waals surface area contributed by atoms with Crippen molar-refractivity contribution in [2.75, 3.05) is 0 Å². The van der Waals surface area contributed by atoms with Crippen LogP contribution in [0, 0.1) is 17.0 Å². The molecule has 0 bridgehead atoms. The molecule has 0 saturated carbocycles. The Balaban J connectivity index is 2.77. The summed E-state index contributed by atoms with van der Waals surface area (Å²) in [6, 6.07) is 4.49. The molecule has 0 aliphatic heterocycles. The Morgan fingerprint density at radius 1 is 1.38 bits per heavy atom. The lowest BCUT2D eigenvalue weighted by atomic mass is 10.1. The van der Waals surface area contributed by atoms with Gasteiger partial charge in [0.15, 0.2) is 5.82 Å². The van der Waals surface area contributed by atoms with Gasteiger partial charge in [-0.3, -0.25) is 14.7 Å². The van der Waals surface area contributed by atoms with E-state index in [9.17, 15) is 18.5 Å². The normalized spacial score (nSPS) is 11.6. The van der Waals surface area contributed by atoms with Crippen LogP contribution < -0.4 is 0 Å². The summed E-state index contributed by atoms with van der Waals surface area (Å²) in [6.07, 6.45) is 0. The Bertz CT molecular complexity index is 816. The lowest BCUT2D eigenvalue weighted by Gasteiger charge is -2.07. The number of hydrogen-bond donors (Lipinski definition) is 0. The molecule has 1 aromatic carbocycles.